The standard InChI is InChI=1S/C8H10N2O2S/c1-2-13(11,12)8-5-3-7(10-9)4-6-8/h3-6,9H,2H2,1H3. The second kappa shape index (κ2) is 3.66. The molecule has 0 amide bonds. The number of nitrogens with one attached hydrogen (secondary N) is 1. The van der Waals surface area contributed by atoms with E-state index in [0.29, 0.717) is 5.69 Å². The second-order valence-electron chi connectivity index (χ2n) is 2.51. The molecule has 0 aliphatic rings. The number of hydrogen-bond acceptors (Lipinski definition) is 4. The Morgan fingerprint density at radius 1 is 1.31 bits per heavy atom. The van der Waals surface area contributed by atoms with Gasteiger partial charge in [-0.05, 0) is 24.3 Å². The average Bonchev–Trinajstić information content (AvgIpc) is 2.18. The Bertz CT molecular complexity index is 395. The third-order valence-electron chi connectivity index (χ3n) is 1.70. The second-order valence-corrected chi connectivity index (χ2v) is 4.79. The SMILES string of the molecule is CCS(=O)(=O)c1ccc(N=N)cc1. The van der Waals surface area contributed by atoms with Crippen LogP contribution in [0, 0.1) is 5.53 Å². The van der Waals surface area contributed by atoms with Gasteiger partial charge in [-0.3, -0.25) is 0 Å². The fourth-order valence-corrected chi connectivity index (χ4v) is 1.78. The predicted octanol–water partition coefficient (Wildman–Crippen LogP) is 2.14. The quantitative estimate of drug-likeness (QED) is 0.756. The van der Waals surface area contributed by atoms with Crippen molar-refractivity contribution >= 4 is 15.5 Å². The Balaban J connectivity index is 3.13. The van der Waals surface area contributed by atoms with Gasteiger partial charge in [0.1, 0.15) is 0 Å². The summed E-state index contributed by atoms with van der Waals surface area (Å²) < 4.78 is 22.6. The van der Waals surface area contributed by atoms with Crippen LogP contribution in [0.1, 0.15) is 6.92 Å². The van der Waals surface area contributed by atoms with Crippen molar-refractivity contribution in [3.8, 4) is 0 Å². The molecule has 0 saturated heterocycles. The topological polar surface area (TPSA) is 70.3 Å². The van der Waals surface area contributed by atoms with E-state index >= 15 is 0 Å². The highest BCUT2D eigenvalue weighted by Gasteiger charge is 2.10. The first-order valence-electron chi connectivity index (χ1n) is 3.80. The molecule has 1 aromatic carbocycles. The summed E-state index contributed by atoms with van der Waals surface area (Å²) in [6.07, 6.45) is 0. The lowest BCUT2D eigenvalue weighted by Crippen LogP contribution is -2.02. The van der Waals surface area contributed by atoms with Gasteiger partial charge >= 0.3 is 0 Å². The van der Waals surface area contributed by atoms with E-state index in [1.54, 1.807) is 6.92 Å². The van der Waals surface area contributed by atoms with Gasteiger partial charge in [-0.2, -0.15) is 5.11 Å². The highest BCUT2D eigenvalue weighted by Crippen LogP contribution is 2.16. The number of benzene rings is 1. The van der Waals surface area contributed by atoms with E-state index in [-0.39, 0.29) is 10.6 Å². The zero-order chi connectivity index (χ0) is 9.90. The summed E-state index contributed by atoms with van der Waals surface area (Å²) in [5.74, 6) is 0.0877. The van der Waals surface area contributed by atoms with Crippen LogP contribution in [-0.4, -0.2) is 14.2 Å². The first kappa shape index (κ1) is 9.85. The van der Waals surface area contributed by atoms with Crippen LogP contribution in [0.4, 0.5) is 5.69 Å². The molecular weight excluding hydrogens is 188 g/mol. The minimum Gasteiger partial charge on any atom is -0.224 e. The number of sulfone groups is 1. The summed E-state index contributed by atoms with van der Waals surface area (Å²) in [5, 5.41) is 3.17. The fraction of sp³-hybridized carbons (Fsp3) is 0.250. The van der Waals surface area contributed by atoms with Crippen LogP contribution in [-0.2, 0) is 9.84 Å². The van der Waals surface area contributed by atoms with Crippen molar-refractivity contribution in [2.24, 2.45) is 5.11 Å². The molecule has 0 radical (unpaired) electrons. The van der Waals surface area contributed by atoms with E-state index in [1.165, 1.54) is 24.3 Å². The van der Waals surface area contributed by atoms with E-state index in [4.69, 9.17) is 5.53 Å². The monoisotopic (exact) mass is 198 g/mol. The van der Waals surface area contributed by atoms with E-state index in [9.17, 15) is 8.42 Å². The molecule has 0 aromatic heterocycles. The molecule has 1 rings (SSSR count). The van der Waals surface area contributed by atoms with Gasteiger partial charge in [0.15, 0.2) is 9.84 Å². The Hall–Kier alpha value is -1.23. The lowest BCUT2D eigenvalue weighted by Gasteiger charge is -1.99. The molecule has 0 unspecified atom stereocenters. The fourth-order valence-electron chi connectivity index (χ4n) is 0.895. The first-order valence-corrected chi connectivity index (χ1v) is 5.45. The number of rotatable bonds is 3. The molecule has 0 heterocycles. The first-order chi connectivity index (χ1) is 6.10. The van der Waals surface area contributed by atoms with Crippen molar-refractivity contribution < 1.29 is 8.42 Å². The molecule has 0 aliphatic carbocycles. The lowest BCUT2D eigenvalue weighted by molar-refractivity contribution is 0.597. The molecule has 0 spiro atoms. The highest BCUT2D eigenvalue weighted by atomic mass is 32.2. The highest BCUT2D eigenvalue weighted by molar-refractivity contribution is 7.91. The molecular formula is C8H10N2O2S. The third kappa shape index (κ3) is 2.12. The van der Waals surface area contributed by atoms with Crippen LogP contribution < -0.4 is 0 Å². The summed E-state index contributed by atoms with van der Waals surface area (Å²) in [6, 6.07) is 5.95. The molecule has 5 heteroatoms. The van der Waals surface area contributed by atoms with E-state index in [1.807, 2.05) is 0 Å². The number of nitrogens with zero attached hydrogens (tertiary/aromatic N) is 1. The molecule has 1 aromatic rings. The maximum absolute atomic E-state index is 11.3. The van der Waals surface area contributed by atoms with Gasteiger partial charge in [0, 0.05) is 0 Å². The van der Waals surface area contributed by atoms with Gasteiger partial charge in [-0.25, -0.2) is 13.9 Å². The van der Waals surface area contributed by atoms with Crippen LogP contribution >= 0.6 is 0 Å². The maximum atomic E-state index is 11.3. The predicted molar refractivity (Wildman–Crippen MR) is 49.0 cm³/mol. The van der Waals surface area contributed by atoms with Gasteiger partial charge < -0.3 is 0 Å². The Morgan fingerprint density at radius 2 is 1.85 bits per heavy atom. The van der Waals surface area contributed by atoms with Crippen molar-refractivity contribution in [2.45, 2.75) is 11.8 Å². The maximum Gasteiger partial charge on any atom is 0.178 e. The van der Waals surface area contributed by atoms with Gasteiger partial charge in [0.2, 0.25) is 0 Å². The van der Waals surface area contributed by atoms with Crippen LogP contribution in [0.15, 0.2) is 34.3 Å². The molecule has 0 atom stereocenters. The summed E-state index contributed by atoms with van der Waals surface area (Å²) in [6.45, 7) is 1.60. The lowest BCUT2D eigenvalue weighted by atomic mass is 10.3. The van der Waals surface area contributed by atoms with E-state index < -0.39 is 9.84 Å². The van der Waals surface area contributed by atoms with Crippen molar-refractivity contribution in [3.05, 3.63) is 24.3 Å². The normalized spacial score (nSPS) is 11.2. The van der Waals surface area contributed by atoms with E-state index in [0.717, 1.165) is 0 Å². The molecule has 1 N–H and O–H groups in total. The zero-order valence-corrected chi connectivity index (χ0v) is 8.00. The summed E-state index contributed by atoms with van der Waals surface area (Å²) in [4.78, 5) is 0.280. The van der Waals surface area contributed by atoms with Crippen molar-refractivity contribution in [3.63, 3.8) is 0 Å². The van der Waals surface area contributed by atoms with Crippen LogP contribution in [0.25, 0.3) is 0 Å². The smallest absolute Gasteiger partial charge is 0.178 e. The molecule has 0 aliphatic heterocycles. The minimum atomic E-state index is -3.13. The molecule has 4 nitrogen and oxygen atoms in total. The Morgan fingerprint density at radius 3 is 2.23 bits per heavy atom. The molecule has 70 valence electrons. The van der Waals surface area contributed by atoms with Gasteiger partial charge in [0.25, 0.3) is 0 Å². The third-order valence-corrected chi connectivity index (χ3v) is 3.46. The largest absolute Gasteiger partial charge is 0.224 e. The summed E-state index contributed by atoms with van der Waals surface area (Å²) in [5.41, 5.74) is 7.14. The van der Waals surface area contributed by atoms with E-state index in [2.05, 4.69) is 5.11 Å². The minimum absolute atomic E-state index is 0.0877. The summed E-state index contributed by atoms with van der Waals surface area (Å²) >= 11 is 0. The molecule has 0 bridgehead atoms. The van der Waals surface area contributed by atoms with Gasteiger partial charge in [-0.15, -0.1) is 0 Å². The molecule has 13 heavy (non-hydrogen) atoms. The summed E-state index contributed by atoms with van der Waals surface area (Å²) in [7, 11) is -3.13. The Kier molecular flexibility index (Phi) is 2.77. The average molecular weight is 198 g/mol. The van der Waals surface area contributed by atoms with Crippen molar-refractivity contribution in [2.75, 3.05) is 5.75 Å². The van der Waals surface area contributed by atoms with Gasteiger partial charge in [0.05, 0.1) is 16.3 Å². The number of hydrogen-bond donors (Lipinski definition) is 1. The Labute approximate surface area is 77.0 Å². The zero-order valence-electron chi connectivity index (χ0n) is 7.19. The van der Waals surface area contributed by atoms with Crippen molar-refractivity contribution in [1.82, 2.24) is 0 Å². The van der Waals surface area contributed by atoms with Crippen LogP contribution in [0.2, 0.25) is 0 Å². The van der Waals surface area contributed by atoms with Gasteiger partial charge in [-0.1, -0.05) is 6.92 Å². The van der Waals surface area contributed by atoms with Crippen molar-refractivity contribution in [1.29, 1.82) is 5.53 Å². The molecule has 0 fully saturated rings. The molecule has 0 saturated carbocycles. The van der Waals surface area contributed by atoms with Crippen LogP contribution in [0.5, 0.6) is 0 Å². The van der Waals surface area contributed by atoms with Crippen LogP contribution in [0.3, 0.4) is 0 Å².